The summed E-state index contributed by atoms with van der Waals surface area (Å²) < 4.78 is 17.3. The molecule has 2 N–H and O–H groups in total. The number of Topliss-reactive ketones (excluding diaryl/α,β-unsaturated/α-hetero) is 1. The Bertz CT molecular complexity index is 1560. The third-order valence-corrected chi connectivity index (χ3v) is 10.8. The number of thioether (sulfide) groups is 1. The predicted molar refractivity (Wildman–Crippen MR) is 143 cm³/mol. The molecule has 0 amide bonds. The third-order valence-electron chi connectivity index (χ3n) is 9.49. The largest absolute Gasteiger partial charge is 0.507 e. The molecule has 10 nitrogen and oxygen atoms in total. The van der Waals surface area contributed by atoms with Crippen molar-refractivity contribution in [1.29, 1.82) is 5.26 Å². The molecule has 2 fully saturated rings. The fourth-order valence-corrected chi connectivity index (χ4v) is 8.84. The van der Waals surface area contributed by atoms with Crippen LogP contribution in [0, 0.1) is 76.2 Å². The standard InChI is InChI=1S/C29H29N3O7S.Ac/c1-11-5-14-6-15-16(7-30)32-17-8-37-29(36)18(33)9-40-28(23(32)22(31(15)4)19(14)24(34)12(11)2)21-20(17)27-26(38-10-39-27)13(3)25(21)35;/h5,15-17,22-23,28,34-35H,6,8-10H2,1-4H3;/t15-,16-,17+,22+,23?,28+;/m0./s1. The minimum atomic E-state index is -0.916. The molecule has 5 heterocycles. The number of carbonyl (C=O) groups is 2. The fraction of sp³-hybridized carbons (Fsp3) is 0.483. The number of benzene rings is 2. The van der Waals surface area contributed by atoms with Crippen LogP contribution in [0.25, 0.3) is 0 Å². The molecule has 0 aromatic heterocycles. The molecule has 211 valence electrons. The summed E-state index contributed by atoms with van der Waals surface area (Å²) in [5.74, 6) is -0.558. The number of hydrogen-bond acceptors (Lipinski definition) is 11. The van der Waals surface area contributed by atoms with Gasteiger partial charge in [-0.05, 0) is 50.9 Å². The predicted octanol–water partition coefficient (Wildman–Crippen LogP) is 2.88. The van der Waals surface area contributed by atoms with Crippen molar-refractivity contribution < 1.29 is 78.1 Å². The molecule has 6 atom stereocenters. The van der Waals surface area contributed by atoms with Gasteiger partial charge in [-0.15, -0.1) is 11.8 Å². The Morgan fingerprint density at radius 3 is 2.46 bits per heavy atom. The van der Waals surface area contributed by atoms with Crippen LogP contribution in [0.5, 0.6) is 23.0 Å². The molecule has 0 saturated carbocycles. The van der Waals surface area contributed by atoms with Crippen LogP contribution in [0.15, 0.2) is 6.07 Å². The number of hydrogen-bond donors (Lipinski definition) is 2. The first kappa shape index (κ1) is 29.1. The van der Waals surface area contributed by atoms with Crippen molar-refractivity contribution in [2.24, 2.45) is 0 Å². The third kappa shape index (κ3) is 3.92. The zero-order chi connectivity index (χ0) is 28.2. The Kier molecular flexibility index (Phi) is 7.31. The van der Waals surface area contributed by atoms with Crippen LogP contribution >= 0.6 is 11.8 Å². The zero-order valence-electron chi connectivity index (χ0n) is 23.1. The van der Waals surface area contributed by atoms with E-state index in [9.17, 15) is 25.1 Å². The molecule has 5 aliphatic heterocycles. The van der Waals surface area contributed by atoms with Crippen LogP contribution in [0.2, 0.25) is 0 Å². The first-order valence-corrected chi connectivity index (χ1v) is 14.4. The van der Waals surface area contributed by atoms with Crippen LogP contribution in [0.4, 0.5) is 0 Å². The van der Waals surface area contributed by atoms with Crippen LogP contribution < -0.4 is 9.47 Å². The summed E-state index contributed by atoms with van der Waals surface area (Å²) >= 11 is 1.25. The Morgan fingerprint density at radius 1 is 1.02 bits per heavy atom. The molecule has 1 unspecified atom stereocenters. The van der Waals surface area contributed by atoms with Gasteiger partial charge in [0.1, 0.15) is 24.1 Å². The van der Waals surface area contributed by atoms with Crippen molar-refractivity contribution >= 4 is 23.5 Å². The molecule has 2 aromatic carbocycles. The van der Waals surface area contributed by atoms with E-state index >= 15 is 0 Å². The van der Waals surface area contributed by atoms with E-state index in [-0.39, 0.29) is 86.8 Å². The summed E-state index contributed by atoms with van der Waals surface area (Å²) in [6.07, 6.45) is 0.561. The minimum absolute atomic E-state index is 0. The maximum absolute atomic E-state index is 12.7. The van der Waals surface area contributed by atoms with Gasteiger partial charge < -0.3 is 24.4 Å². The van der Waals surface area contributed by atoms with Gasteiger partial charge in [-0.1, -0.05) is 6.07 Å². The molecule has 1 radical (unpaired) electrons. The first-order valence-electron chi connectivity index (χ1n) is 13.3. The number of ether oxygens (including phenoxy) is 3. The molecule has 0 aliphatic carbocycles. The number of rotatable bonds is 0. The van der Waals surface area contributed by atoms with Gasteiger partial charge in [0.15, 0.2) is 11.5 Å². The second-order valence-electron chi connectivity index (χ2n) is 11.3. The van der Waals surface area contributed by atoms with Crippen LogP contribution in [-0.4, -0.2) is 76.1 Å². The molecule has 12 heteroatoms. The number of nitriles is 1. The number of fused-ring (bicyclic) bond motifs is 9. The molecular formula is C29H29AcN3O7S. The Labute approximate surface area is 277 Å². The van der Waals surface area contributed by atoms with E-state index in [1.807, 2.05) is 20.9 Å². The molecule has 5 aliphatic rings. The van der Waals surface area contributed by atoms with E-state index in [1.165, 1.54) is 11.8 Å². The summed E-state index contributed by atoms with van der Waals surface area (Å²) in [6, 6.07) is 2.33. The van der Waals surface area contributed by atoms with Gasteiger partial charge in [0.25, 0.3) is 0 Å². The van der Waals surface area contributed by atoms with E-state index in [4.69, 9.17) is 14.2 Å². The maximum Gasteiger partial charge on any atom is 0.375 e. The number of aryl methyl sites for hydroxylation is 1. The summed E-state index contributed by atoms with van der Waals surface area (Å²) in [5, 5.41) is 33.3. The van der Waals surface area contributed by atoms with Gasteiger partial charge in [-0.2, -0.15) is 5.26 Å². The van der Waals surface area contributed by atoms with Crippen LogP contribution in [0.3, 0.4) is 0 Å². The molecule has 2 aromatic rings. The van der Waals surface area contributed by atoms with E-state index in [0.717, 1.165) is 22.3 Å². The molecule has 7 rings (SSSR count). The van der Waals surface area contributed by atoms with Gasteiger partial charge in [0, 0.05) is 78.4 Å². The van der Waals surface area contributed by atoms with Crippen molar-refractivity contribution in [1.82, 2.24) is 9.80 Å². The smallest absolute Gasteiger partial charge is 0.375 e. The normalized spacial score (nSPS) is 29.9. The number of cyclic esters (lactones) is 1. The van der Waals surface area contributed by atoms with Crippen molar-refractivity contribution in [3.63, 3.8) is 0 Å². The Morgan fingerprint density at radius 2 is 1.73 bits per heavy atom. The summed E-state index contributed by atoms with van der Waals surface area (Å²) in [4.78, 5) is 29.6. The minimum Gasteiger partial charge on any atom is -0.507 e. The summed E-state index contributed by atoms with van der Waals surface area (Å²) in [6.45, 7) is 5.41. The van der Waals surface area contributed by atoms with Crippen molar-refractivity contribution in [2.75, 3.05) is 26.2 Å². The van der Waals surface area contributed by atoms with E-state index in [2.05, 4.69) is 21.9 Å². The number of carbonyl (C=O) groups excluding carboxylic acids is 2. The number of aromatic hydroxyl groups is 2. The quantitative estimate of drug-likeness (QED) is 0.302. The zero-order valence-corrected chi connectivity index (χ0v) is 28.7. The average molecular weight is 791 g/mol. The molecule has 2 saturated heterocycles. The first-order chi connectivity index (χ1) is 19.1. The number of ketones is 1. The van der Waals surface area contributed by atoms with Gasteiger partial charge in [-0.3, -0.25) is 14.6 Å². The number of piperazine rings is 1. The molecule has 0 spiro atoms. The SMILES string of the molecule is Cc1cc2c(c(O)c1C)[C@@H]1C3[C@@H]4SCC(=O)C(=O)OC[C@H](c5c6c(c(C)c(O)c54)OCO6)N3[C@@H](C#N)[C@H](C2)N1C.[Ac]. The van der Waals surface area contributed by atoms with Gasteiger partial charge in [-0.25, -0.2) is 4.79 Å². The van der Waals surface area contributed by atoms with Crippen LogP contribution in [-0.2, 0) is 20.7 Å². The number of nitrogens with zero attached hydrogens (tertiary/aromatic N) is 3. The number of phenolic OH excluding ortho intramolecular Hbond substituents is 2. The van der Waals surface area contributed by atoms with E-state index in [1.54, 1.807) is 6.92 Å². The fourth-order valence-electron chi connectivity index (χ4n) is 7.50. The number of likely N-dealkylation sites (N-methyl/N-ethyl adjacent to an activating group) is 1. The summed E-state index contributed by atoms with van der Waals surface area (Å²) in [5.41, 5.74) is 5.33. The molecule has 41 heavy (non-hydrogen) atoms. The van der Waals surface area contributed by atoms with E-state index in [0.29, 0.717) is 34.6 Å². The second kappa shape index (κ2) is 10.3. The number of esters is 1. The van der Waals surface area contributed by atoms with Gasteiger partial charge in [0.2, 0.25) is 12.6 Å². The van der Waals surface area contributed by atoms with E-state index < -0.39 is 35.1 Å². The van der Waals surface area contributed by atoms with Crippen LogP contribution in [0.1, 0.15) is 56.3 Å². The van der Waals surface area contributed by atoms with Gasteiger partial charge in [0.05, 0.1) is 29.2 Å². The summed E-state index contributed by atoms with van der Waals surface area (Å²) in [7, 11) is 1.97. The topological polar surface area (TPSA) is 133 Å². The Balaban J connectivity index is 0.00000302. The molecule has 4 bridgehead atoms. The molecular weight excluding hydrogens is 761 g/mol. The van der Waals surface area contributed by atoms with Crippen molar-refractivity contribution in [3.05, 3.63) is 45.0 Å². The monoisotopic (exact) mass is 790 g/mol. The van der Waals surface area contributed by atoms with Gasteiger partial charge >= 0.3 is 5.97 Å². The van der Waals surface area contributed by atoms with Crippen molar-refractivity contribution in [2.45, 2.75) is 62.7 Å². The maximum atomic E-state index is 12.7. The number of phenols is 2. The Hall–Kier alpha value is -2.02. The van der Waals surface area contributed by atoms with Crippen molar-refractivity contribution in [3.8, 4) is 29.1 Å². The average Bonchev–Trinajstić information content (AvgIpc) is 3.42. The second-order valence-corrected chi connectivity index (χ2v) is 12.4.